The van der Waals surface area contributed by atoms with Gasteiger partial charge in [-0.25, -0.2) is 0 Å². The molecule has 1 aliphatic carbocycles. The fourth-order valence-electron chi connectivity index (χ4n) is 0.570. The third-order valence-corrected chi connectivity index (χ3v) is 1.39. The lowest BCUT2D eigenvalue weighted by Crippen LogP contribution is -1.70. The van der Waals surface area contributed by atoms with Crippen LogP contribution < -0.4 is 0 Å². The second kappa shape index (κ2) is 2.37. The minimum atomic E-state index is 0.817. The van der Waals surface area contributed by atoms with Crippen molar-refractivity contribution in [2.24, 2.45) is 0 Å². The summed E-state index contributed by atoms with van der Waals surface area (Å²) in [6.45, 7) is 0. The lowest BCUT2D eigenvalue weighted by molar-refractivity contribution is 0.935. The maximum absolute atomic E-state index is 5.45. The molecule has 0 N–H and O–H groups in total. The van der Waals surface area contributed by atoms with E-state index in [2.05, 4.69) is 6.08 Å². The maximum Gasteiger partial charge on any atom is 0.0226 e. The molecule has 0 nitrogen and oxygen atoms in total. The molecule has 0 aromatic heterocycles. The monoisotopic (exact) mass is 116 g/mol. The Morgan fingerprint density at radius 1 is 1.71 bits per heavy atom. The zero-order chi connectivity index (χ0) is 5.11. The first-order chi connectivity index (χ1) is 3.43. The SMILES string of the molecule is ClCCCC1=CC1. The third-order valence-electron chi connectivity index (χ3n) is 1.12. The largest absolute Gasteiger partial charge is 0.127 e. The van der Waals surface area contributed by atoms with Crippen molar-refractivity contribution in [2.75, 3.05) is 5.88 Å². The van der Waals surface area contributed by atoms with Crippen molar-refractivity contribution in [1.29, 1.82) is 0 Å². The molecule has 0 saturated carbocycles. The van der Waals surface area contributed by atoms with Gasteiger partial charge in [-0.05, 0) is 19.3 Å². The number of allylic oxidation sites excluding steroid dienone is 2. The molecule has 0 aromatic carbocycles. The summed E-state index contributed by atoms with van der Waals surface area (Å²) in [5.41, 5.74) is 1.60. The predicted molar refractivity (Wildman–Crippen MR) is 32.7 cm³/mol. The maximum atomic E-state index is 5.45. The number of alkyl halides is 1. The molecule has 0 unspecified atom stereocenters. The average molecular weight is 117 g/mol. The Morgan fingerprint density at radius 3 is 2.86 bits per heavy atom. The van der Waals surface area contributed by atoms with Gasteiger partial charge >= 0.3 is 0 Å². The van der Waals surface area contributed by atoms with Gasteiger partial charge in [0, 0.05) is 5.88 Å². The normalized spacial score (nSPS) is 16.4. The highest BCUT2D eigenvalue weighted by Crippen LogP contribution is 2.23. The van der Waals surface area contributed by atoms with Crippen LogP contribution in [-0.2, 0) is 0 Å². The van der Waals surface area contributed by atoms with Crippen molar-refractivity contribution in [3.63, 3.8) is 0 Å². The van der Waals surface area contributed by atoms with Crippen LogP contribution in [0.25, 0.3) is 0 Å². The number of hydrogen-bond acceptors (Lipinski definition) is 0. The highest BCUT2D eigenvalue weighted by Gasteiger charge is 2.04. The van der Waals surface area contributed by atoms with Gasteiger partial charge in [-0.1, -0.05) is 11.6 Å². The van der Waals surface area contributed by atoms with Crippen LogP contribution in [0.15, 0.2) is 11.6 Å². The van der Waals surface area contributed by atoms with Gasteiger partial charge in [0.05, 0.1) is 0 Å². The van der Waals surface area contributed by atoms with Gasteiger partial charge < -0.3 is 0 Å². The molecule has 7 heavy (non-hydrogen) atoms. The summed E-state index contributed by atoms with van der Waals surface area (Å²) in [6.07, 6.45) is 5.92. The zero-order valence-corrected chi connectivity index (χ0v) is 5.04. The molecule has 0 radical (unpaired) electrons. The van der Waals surface area contributed by atoms with Crippen LogP contribution in [0.4, 0.5) is 0 Å². The van der Waals surface area contributed by atoms with Crippen molar-refractivity contribution in [1.82, 2.24) is 0 Å². The Kier molecular flexibility index (Phi) is 1.75. The Bertz CT molecular complexity index is 84.2. The van der Waals surface area contributed by atoms with Crippen LogP contribution in [0.3, 0.4) is 0 Å². The third kappa shape index (κ3) is 1.98. The number of rotatable bonds is 3. The highest BCUT2D eigenvalue weighted by molar-refractivity contribution is 6.17. The summed E-state index contributed by atoms with van der Waals surface area (Å²) in [6, 6.07) is 0. The van der Waals surface area contributed by atoms with E-state index in [9.17, 15) is 0 Å². The molecule has 0 amide bonds. The second-order valence-corrected chi connectivity index (χ2v) is 2.24. The topological polar surface area (TPSA) is 0 Å². The standard InChI is InChI=1S/C6H9Cl/c7-5-1-2-6-3-4-6/h3H,1-2,4-5H2. The van der Waals surface area contributed by atoms with Crippen LogP contribution in [0.2, 0.25) is 0 Å². The number of hydrogen-bond donors (Lipinski definition) is 0. The van der Waals surface area contributed by atoms with E-state index in [1.165, 1.54) is 12.8 Å². The fraction of sp³-hybridized carbons (Fsp3) is 0.667. The molecular formula is C6H9Cl. The first-order valence-electron chi connectivity index (χ1n) is 2.67. The van der Waals surface area contributed by atoms with Gasteiger partial charge in [0.1, 0.15) is 0 Å². The first kappa shape index (κ1) is 5.17. The van der Waals surface area contributed by atoms with E-state index in [4.69, 9.17) is 11.6 Å². The Hall–Kier alpha value is 0.0300. The Labute approximate surface area is 49.2 Å². The van der Waals surface area contributed by atoms with Gasteiger partial charge in [0.2, 0.25) is 0 Å². The summed E-state index contributed by atoms with van der Waals surface area (Å²) in [4.78, 5) is 0. The van der Waals surface area contributed by atoms with Crippen molar-refractivity contribution in [3.05, 3.63) is 11.6 Å². The molecule has 1 heteroatoms. The van der Waals surface area contributed by atoms with Crippen LogP contribution in [0, 0.1) is 0 Å². The van der Waals surface area contributed by atoms with Crippen LogP contribution >= 0.6 is 11.6 Å². The summed E-state index contributed by atoms with van der Waals surface area (Å²) in [5.74, 6) is 0.817. The summed E-state index contributed by atoms with van der Waals surface area (Å²) >= 11 is 5.45. The minimum absolute atomic E-state index is 0.817. The summed E-state index contributed by atoms with van der Waals surface area (Å²) in [7, 11) is 0. The molecule has 0 aliphatic heterocycles. The van der Waals surface area contributed by atoms with Gasteiger partial charge in [0.15, 0.2) is 0 Å². The van der Waals surface area contributed by atoms with Crippen molar-refractivity contribution in [3.8, 4) is 0 Å². The van der Waals surface area contributed by atoms with E-state index in [1.807, 2.05) is 0 Å². The van der Waals surface area contributed by atoms with E-state index in [-0.39, 0.29) is 0 Å². The molecule has 40 valence electrons. The minimum Gasteiger partial charge on any atom is -0.127 e. The molecule has 0 bridgehead atoms. The molecule has 0 spiro atoms. The molecule has 0 atom stereocenters. The zero-order valence-electron chi connectivity index (χ0n) is 4.28. The first-order valence-corrected chi connectivity index (χ1v) is 3.21. The average Bonchev–Trinajstić information content (AvgIpc) is 2.42. The fourth-order valence-corrected chi connectivity index (χ4v) is 0.704. The molecule has 0 fully saturated rings. The summed E-state index contributed by atoms with van der Waals surface area (Å²) < 4.78 is 0. The molecular weight excluding hydrogens is 108 g/mol. The Morgan fingerprint density at radius 2 is 2.43 bits per heavy atom. The second-order valence-electron chi connectivity index (χ2n) is 1.86. The lowest BCUT2D eigenvalue weighted by atomic mass is 10.3. The molecule has 1 rings (SSSR count). The molecule has 0 saturated heterocycles. The van der Waals surface area contributed by atoms with Crippen LogP contribution in [0.5, 0.6) is 0 Å². The van der Waals surface area contributed by atoms with Crippen molar-refractivity contribution >= 4 is 11.6 Å². The van der Waals surface area contributed by atoms with Gasteiger partial charge in [-0.2, -0.15) is 0 Å². The number of halogens is 1. The molecule has 1 aliphatic rings. The quantitative estimate of drug-likeness (QED) is 0.392. The van der Waals surface area contributed by atoms with Gasteiger partial charge in [-0.15, -0.1) is 11.6 Å². The molecule has 0 heterocycles. The van der Waals surface area contributed by atoms with Crippen LogP contribution in [0.1, 0.15) is 19.3 Å². The lowest BCUT2D eigenvalue weighted by Gasteiger charge is -1.84. The van der Waals surface area contributed by atoms with E-state index >= 15 is 0 Å². The van der Waals surface area contributed by atoms with E-state index in [1.54, 1.807) is 5.57 Å². The van der Waals surface area contributed by atoms with E-state index in [0.29, 0.717) is 0 Å². The van der Waals surface area contributed by atoms with Crippen LogP contribution in [-0.4, -0.2) is 5.88 Å². The van der Waals surface area contributed by atoms with E-state index in [0.717, 1.165) is 12.3 Å². The summed E-state index contributed by atoms with van der Waals surface area (Å²) in [5, 5.41) is 0. The van der Waals surface area contributed by atoms with Crippen molar-refractivity contribution in [2.45, 2.75) is 19.3 Å². The van der Waals surface area contributed by atoms with Gasteiger partial charge in [0.25, 0.3) is 0 Å². The van der Waals surface area contributed by atoms with Gasteiger partial charge in [-0.3, -0.25) is 0 Å². The smallest absolute Gasteiger partial charge is 0.0226 e. The van der Waals surface area contributed by atoms with E-state index < -0.39 is 0 Å². The van der Waals surface area contributed by atoms with Crippen molar-refractivity contribution < 1.29 is 0 Å². The molecule has 0 aromatic rings. The Balaban J connectivity index is 1.89. The predicted octanol–water partition coefficient (Wildman–Crippen LogP) is 2.34. The highest BCUT2D eigenvalue weighted by atomic mass is 35.5.